The number of aromatic nitrogens is 2. The highest BCUT2D eigenvalue weighted by Gasteiger charge is 2.14. The number of thiazole rings is 1. The summed E-state index contributed by atoms with van der Waals surface area (Å²) >= 11 is 1.78. The van der Waals surface area contributed by atoms with Gasteiger partial charge in [0.15, 0.2) is 0 Å². The lowest BCUT2D eigenvalue weighted by molar-refractivity contribution is 0.603. The van der Waals surface area contributed by atoms with Gasteiger partial charge in [0.05, 0.1) is 11.2 Å². The van der Waals surface area contributed by atoms with Crippen molar-refractivity contribution >= 4 is 22.2 Å². The van der Waals surface area contributed by atoms with Gasteiger partial charge < -0.3 is 5.32 Å². The molecule has 0 aliphatic carbocycles. The largest absolute Gasteiger partial charge is 0.310 e. The van der Waals surface area contributed by atoms with Crippen LogP contribution in [0, 0.1) is 6.92 Å². The molecule has 21 heavy (non-hydrogen) atoms. The third kappa shape index (κ3) is 2.82. The number of hydrogen-bond donors (Lipinski definition) is 1. The third-order valence-corrected chi connectivity index (χ3v) is 4.98. The van der Waals surface area contributed by atoms with Gasteiger partial charge in [0.25, 0.3) is 0 Å². The van der Waals surface area contributed by atoms with E-state index in [4.69, 9.17) is 4.98 Å². The Morgan fingerprint density at radius 3 is 2.95 bits per heavy atom. The summed E-state index contributed by atoms with van der Waals surface area (Å²) in [6.07, 6.45) is 1.83. The molecular weight excluding hydrogens is 278 g/mol. The minimum absolute atomic E-state index is 0.350. The second-order valence-electron chi connectivity index (χ2n) is 5.16. The van der Waals surface area contributed by atoms with Crippen molar-refractivity contribution in [2.45, 2.75) is 26.8 Å². The minimum Gasteiger partial charge on any atom is -0.310 e. The van der Waals surface area contributed by atoms with Crippen molar-refractivity contribution in [3.05, 3.63) is 47.1 Å². The molecule has 1 N–H and O–H groups in total. The molecule has 0 amide bonds. The Hall–Kier alpha value is -1.78. The molecule has 1 aromatic carbocycles. The molecule has 0 aliphatic heterocycles. The number of hydrogen-bond acceptors (Lipinski definition) is 4. The Morgan fingerprint density at radius 1 is 1.29 bits per heavy atom. The van der Waals surface area contributed by atoms with E-state index in [0.717, 1.165) is 28.1 Å². The van der Waals surface area contributed by atoms with E-state index in [1.807, 2.05) is 12.3 Å². The number of rotatable bonds is 4. The van der Waals surface area contributed by atoms with E-state index in [-0.39, 0.29) is 0 Å². The maximum atomic E-state index is 4.75. The fraction of sp³-hybridized carbons (Fsp3) is 0.294. The summed E-state index contributed by atoms with van der Waals surface area (Å²) in [6.45, 7) is 7.38. The van der Waals surface area contributed by atoms with Gasteiger partial charge in [-0.15, -0.1) is 11.3 Å². The first-order valence-corrected chi connectivity index (χ1v) is 8.06. The zero-order chi connectivity index (χ0) is 14.8. The molecular formula is C17H19N3S. The van der Waals surface area contributed by atoms with Gasteiger partial charge >= 0.3 is 0 Å². The molecule has 2 heterocycles. The molecule has 108 valence electrons. The molecule has 4 heteroatoms. The van der Waals surface area contributed by atoms with Crippen molar-refractivity contribution in [2.75, 3.05) is 6.54 Å². The van der Waals surface area contributed by atoms with Crippen LogP contribution in [0.15, 0.2) is 36.5 Å². The molecule has 3 rings (SSSR count). The van der Waals surface area contributed by atoms with Crippen LogP contribution in [0.2, 0.25) is 0 Å². The van der Waals surface area contributed by atoms with Crippen molar-refractivity contribution in [2.24, 2.45) is 0 Å². The highest BCUT2D eigenvalue weighted by molar-refractivity contribution is 7.15. The molecule has 3 aromatic rings. The fourth-order valence-electron chi connectivity index (χ4n) is 2.54. The number of nitrogens with one attached hydrogen (secondary N) is 1. The zero-order valence-electron chi connectivity index (χ0n) is 12.6. The van der Waals surface area contributed by atoms with E-state index in [0.29, 0.717) is 6.04 Å². The Balaban J connectivity index is 2.00. The molecule has 1 unspecified atom stereocenters. The van der Waals surface area contributed by atoms with Gasteiger partial charge in [-0.1, -0.05) is 13.0 Å². The SMILES string of the molecule is CCNC(C)c1sc(-c2ccc3ncccc3c2)nc1C. The lowest BCUT2D eigenvalue weighted by Gasteiger charge is -2.09. The quantitative estimate of drug-likeness (QED) is 0.778. The standard InChI is InChI=1S/C17H19N3S/c1-4-18-11(2)16-12(3)20-17(21-16)14-7-8-15-13(10-14)6-5-9-19-15/h5-11,18H,4H2,1-3H3. The highest BCUT2D eigenvalue weighted by Crippen LogP contribution is 2.32. The average Bonchev–Trinajstić information content (AvgIpc) is 2.89. The summed E-state index contributed by atoms with van der Waals surface area (Å²) in [5.41, 5.74) is 3.31. The van der Waals surface area contributed by atoms with E-state index in [9.17, 15) is 0 Å². The number of benzene rings is 1. The van der Waals surface area contributed by atoms with Crippen LogP contribution in [0.1, 0.15) is 30.5 Å². The van der Waals surface area contributed by atoms with Gasteiger partial charge in [-0.3, -0.25) is 4.98 Å². The molecule has 3 nitrogen and oxygen atoms in total. The van der Waals surface area contributed by atoms with Crippen LogP contribution in [0.3, 0.4) is 0 Å². The van der Waals surface area contributed by atoms with E-state index in [1.54, 1.807) is 11.3 Å². The molecule has 0 bridgehead atoms. The smallest absolute Gasteiger partial charge is 0.123 e. The highest BCUT2D eigenvalue weighted by atomic mass is 32.1. The first-order valence-electron chi connectivity index (χ1n) is 7.25. The number of pyridine rings is 1. The zero-order valence-corrected chi connectivity index (χ0v) is 13.4. The molecule has 0 spiro atoms. The van der Waals surface area contributed by atoms with Crippen molar-refractivity contribution in [1.29, 1.82) is 0 Å². The summed E-state index contributed by atoms with van der Waals surface area (Å²) in [5.74, 6) is 0. The van der Waals surface area contributed by atoms with E-state index < -0.39 is 0 Å². The monoisotopic (exact) mass is 297 g/mol. The molecule has 0 saturated carbocycles. The lowest BCUT2D eigenvalue weighted by atomic mass is 10.1. The summed E-state index contributed by atoms with van der Waals surface area (Å²) < 4.78 is 0. The first kappa shape index (κ1) is 14.2. The molecule has 0 saturated heterocycles. The van der Waals surface area contributed by atoms with Crippen LogP contribution < -0.4 is 5.32 Å². The summed E-state index contributed by atoms with van der Waals surface area (Å²) in [7, 11) is 0. The predicted molar refractivity (Wildman–Crippen MR) is 89.7 cm³/mol. The minimum atomic E-state index is 0.350. The third-order valence-electron chi connectivity index (χ3n) is 3.59. The van der Waals surface area contributed by atoms with Crippen molar-refractivity contribution in [3.63, 3.8) is 0 Å². The lowest BCUT2D eigenvalue weighted by Crippen LogP contribution is -2.17. The van der Waals surface area contributed by atoms with Crippen LogP contribution in [-0.4, -0.2) is 16.5 Å². The second-order valence-corrected chi connectivity index (χ2v) is 6.19. The van der Waals surface area contributed by atoms with Gasteiger partial charge in [0.2, 0.25) is 0 Å². The van der Waals surface area contributed by atoms with Crippen molar-refractivity contribution in [1.82, 2.24) is 15.3 Å². The molecule has 2 aromatic heterocycles. The Bertz CT molecular complexity index is 764. The molecule has 0 fully saturated rings. The fourth-order valence-corrected chi connectivity index (χ4v) is 3.63. The molecule has 1 atom stereocenters. The summed E-state index contributed by atoms with van der Waals surface area (Å²) in [5, 5.41) is 5.70. The van der Waals surface area contributed by atoms with Gasteiger partial charge in [-0.25, -0.2) is 4.98 Å². The Labute approximate surface area is 129 Å². The Morgan fingerprint density at radius 2 is 2.14 bits per heavy atom. The molecule has 0 aliphatic rings. The maximum absolute atomic E-state index is 4.75. The van der Waals surface area contributed by atoms with Crippen molar-refractivity contribution in [3.8, 4) is 10.6 Å². The van der Waals surface area contributed by atoms with Gasteiger partial charge in [-0.05, 0) is 44.7 Å². The van der Waals surface area contributed by atoms with Crippen LogP contribution in [-0.2, 0) is 0 Å². The Kier molecular flexibility index (Phi) is 3.99. The summed E-state index contributed by atoms with van der Waals surface area (Å²) in [6, 6.07) is 10.8. The topological polar surface area (TPSA) is 37.8 Å². The van der Waals surface area contributed by atoms with E-state index in [2.05, 4.69) is 55.3 Å². The number of aryl methyl sites for hydroxylation is 1. The maximum Gasteiger partial charge on any atom is 0.123 e. The van der Waals surface area contributed by atoms with Crippen LogP contribution in [0.5, 0.6) is 0 Å². The normalized spacial score (nSPS) is 12.7. The van der Waals surface area contributed by atoms with Crippen LogP contribution >= 0.6 is 11.3 Å². The number of nitrogens with zero attached hydrogens (tertiary/aromatic N) is 2. The van der Waals surface area contributed by atoms with Gasteiger partial charge in [0, 0.05) is 28.1 Å². The van der Waals surface area contributed by atoms with Gasteiger partial charge in [0.1, 0.15) is 5.01 Å². The van der Waals surface area contributed by atoms with Crippen molar-refractivity contribution < 1.29 is 0 Å². The first-order chi connectivity index (χ1) is 10.2. The van der Waals surface area contributed by atoms with Gasteiger partial charge in [-0.2, -0.15) is 0 Å². The van der Waals surface area contributed by atoms with E-state index in [1.165, 1.54) is 10.4 Å². The second kappa shape index (κ2) is 5.92. The molecule has 0 radical (unpaired) electrons. The van der Waals surface area contributed by atoms with E-state index >= 15 is 0 Å². The van der Waals surface area contributed by atoms with Crippen LogP contribution in [0.25, 0.3) is 21.5 Å². The summed E-state index contributed by atoms with van der Waals surface area (Å²) in [4.78, 5) is 10.4. The van der Waals surface area contributed by atoms with Crippen LogP contribution in [0.4, 0.5) is 0 Å². The predicted octanol–water partition coefficient (Wildman–Crippen LogP) is 4.34. The average molecular weight is 297 g/mol. The number of fused-ring (bicyclic) bond motifs is 1.